The molecule has 0 amide bonds. The highest BCUT2D eigenvalue weighted by atomic mass is 15.2. The van der Waals surface area contributed by atoms with Gasteiger partial charge >= 0.3 is 0 Å². The molecule has 1 aliphatic carbocycles. The first kappa shape index (κ1) is 15.3. The van der Waals surface area contributed by atoms with Gasteiger partial charge in [0.2, 0.25) is 0 Å². The van der Waals surface area contributed by atoms with Gasteiger partial charge in [0.25, 0.3) is 0 Å². The van der Waals surface area contributed by atoms with E-state index >= 15 is 0 Å². The standard InChI is InChI=1S/C17H34N2/c1-15(2)18-13-17(9-6-4-5-7-10-17)14-19-11-8-16(3)12-19/h15-16,18H,4-14H2,1-3H3. The van der Waals surface area contributed by atoms with Gasteiger partial charge in [-0.25, -0.2) is 0 Å². The molecular formula is C17H34N2. The van der Waals surface area contributed by atoms with Crippen LogP contribution in [0.25, 0.3) is 0 Å². The van der Waals surface area contributed by atoms with Crippen LogP contribution < -0.4 is 5.32 Å². The topological polar surface area (TPSA) is 15.3 Å². The van der Waals surface area contributed by atoms with Crippen LogP contribution in [0, 0.1) is 11.3 Å². The molecule has 1 atom stereocenters. The van der Waals surface area contributed by atoms with Crippen LogP contribution in [0.5, 0.6) is 0 Å². The fraction of sp³-hybridized carbons (Fsp3) is 1.00. The third kappa shape index (κ3) is 4.75. The lowest BCUT2D eigenvalue weighted by Gasteiger charge is -2.37. The minimum Gasteiger partial charge on any atom is -0.314 e. The molecule has 0 spiro atoms. The average molecular weight is 266 g/mol. The monoisotopic (exact) mass is 266 g/mol. The molecule has 2 rings (SSSR count). The highest BCUT2D eigenvalue weighted by molar-refractivity contribution is 4.89. The highest BCUT2D eigenvalue weighted by Crippen LogP contribution is 2.36. The SMILES string of the molecule is CC1CCN(CC2(CNC(C)C)CCCCCC2)C1. The number of likely N-dealkylation sites (tertiary alicyclic amines) is 1. The molecule has 112 valence electrons. The summed E-state index contributed by atoms with van der Waals surface area (Å²) in [6, 6.07) is 0.623. The summed E-state index contributed by atoms with van der Waals surface area (Å²) in [6.45, 7) is 12.2. The lowest BCUT2D eigenvalue weighted by Crippen LogP contribution is -2.45. The van der Waals surface area contributed by atoms with Crippen LogP contribution >= 0.6 is 0 Å². The van der Waals surface area contributed by atoms with Crippen LogP contribution in [-0.2, 0) is 0 Å². The van der Waals surface area contributed by atoms with Crippen LogP contribution in [0.1, 0.15) is 65.7 Å². The largest absolute Gasteiger partial charge is 0.314 e. The molecule has 0 aromatic rings. The van der Waals surface area contributed by atoms with Gasteiger partial charge in [0.1, 0.15) is 0 Å². The molecule has 1 saturated carbocycles. The van der Waals surface area contributed by atoms with E-state index in [0.717, 1.165) is 5.92 Å². The second-order valence-electron chi connectivity index (χ2n) is 7.58. The molecule has 1 unspecified atom stereocenters. The Labute approximate surface area is 120 Å². The van der Waals surface area contributed by atoms with E-state index < -0.39 is 0 Å². The molecule has 2 aliphatic rings. The van der Waals surface area contributed by atoms with Crippen LogP contribution in [0.2, 0.25) is 0 Å². The molecule has 1 aliphatic heterocycles. The predicted molar refractivity (Wildman–Crippen MR) is 83.5 cm³/mol. The van der Waals surface area contributed by atoms with Gasteiger partial charge in [-0.3, -0.25) is 0 Å². The van der Waals surface area contributed by atoms with Gasteiger partial charge in [-0.1, -0.05) is 46.5 Å². The lowest BCUT2D eigenvalue weighted by atomic mass is 9.79. The maximum Gasteiger partial charge on any atom is 0.00503 e. The molecule has 2 nitrogen and oxygen atoms in total. The van der Waals surface area contributed by atoms with Crippen molar-refractivity contribution in [1.82, 2.24) is 10.2 Å². The molecular weight excluding hydrogens is 232 g/mol. The van der Waals surface area contributed by atoms with Gasteiger partial charge in [0, 0.05) is 25.7 Å². The van der Waals surface area contributed by atoms with Crippen LogP contribution in [0.4, 0.5) is 0 Å². The van der Waals surface area contributed by atoms with E-state index in [-0.39, 0.29) is 0 Å². The van der Waals surface area contributed by atoms with E-state index in [0.29, 0.717) is 11.5 Å². The summed E-state index contributed by atoms with van der Waals surface area (Å²) >= 11 is 0. The lowest BCUT2D eigenvalue weighted by molar-refractivity contribution is 0.140. The van der Waals surface area contributed by atoms with Gasteiger partial charge in [0.15, 0.2) is 0 Å². The van der Waals surface area contributed by atoms with Gasteiger partial charge < -0.3 is 10.2 Å². The Morgan fingerprint density at radius 2 is 1.84 bits per heavy atom. The molecule has 0 aromatic heterocycles. The van der Waals surface area contributed by atoms with Gasteiger partial charge in [-0.15, -0.1) is 0 Å². The van der Waals surface area contributed by atoms with Crippen molar-refractivity contribution in [2.75, 3.05) is 26.2 Å². The first-order valence-corrected chi connectivity index (χ1v) is 8.55. The van der Waals surface area contributed by atoms with Crippen LogP contribution in [-0.4, -0.2) is 37.1 Å². The maximum atomic E-state index is 3.74. The van der Waals surface area contributed by atoms with Crippen molar-refractivity contribution in [3.8, 4) is 0 Å². The fourth-order valence-electron chi connectivity index (χ4n) is 3.93. The van der Waals surface area contributed by atoms with E-state index in [1.807, 2.05) is 0 Å². The quantitative estimate of drug-likeness (QED) is 0.764. The Bertz CT molecular complexity index is 254. The van der Waals surface area contributed by atoms with E-state index in [9.17, 15) is 0 Å². The second kappa shape index (κ2) is 7.08. The number of rotatable bonds is 5. The minimum atomic E-state index is 0.560. The maximum absolute atomic E-state index is 3.74. The average Bonchev–Trinajstić information content (AvgIpc) is 2.63. The van der Waals surface area contributed by atoms with Gasteiger partial charge in [-0.05, 0) is 37.1 Å². The molecule has 2 fully saturated rings. The summed E-state index contributed by atoms with van der Waals surface area (Å²) in [5.74, 6) is 0.917. The predicted octanol–water partition coefficient (Wildman–Crippen LogP) is 3.67. The normalized spacial score (nSPS) is 28.7. The smallest absolute Gasteiger partial charge is 0.00503 e. The Hall–Kier alpha value is -0.0800. The van der Waals surface area contributed by atoms with Crippen molar-refractivity contribution >= 4 is 0 Å². The summed E-state index contributed by atoms with van der Waals surface area (Å²) in [5, 5.41) is 3.74. The number of nitrogens with one attached hydrogen (secondary N) is 1. The van der Waals surface area contributed by atoms with Crippen LogP contribution in [0.3, 0.4) is 0 Å². The summed E-state index contributed by atoms with van der Waals surface area (Å²) < 4.78 is 0. The van der Waals surface area contributed by atoms with E-state index in [1.165, 1.54) is 71.1 Å². The zero-order valence-corrected chi connectivity index (χ0v) is 13.4. The third-order valence-electron chi connectivity index (χ3n) is 5.12. The van der Waals surface area contributed by atoms with E-state index in [2.05, 4.69) is 31.0 Å². The molecule has 19 heavy (non-hydrogen) atoms. The molecule has 2 heteroatoms. The Kier molecular flexibility index (Phi) is 5.70. The summed E-state index contributed by atoms with van der Waals surface area (Å²) in [6.07, 6.45) is 10.1. The molecule has 1 N–H and O–H groups in total. The minimum absolute atomic E-state index is 0.560. The molecule has 1 heterocycles. The first-order chi connectivity index (χ1) is 9.10. The Balaban J connectivity index is 1.95. The van der Waals surface area contributed by atoms with Crippen LogP contribution in [0.15, 0.2) is 0 Å². The first-order valence-electron chi connectivity index (χ1n) is 8.55. The number of hydrogen-bond acceptors (Lipinski definition) is 2. The zero-order chi connectivity index (χ0) is 13.7. The van der Waals surface area contributed by atoms with Crippen molar-refractivity contribution in [2.24, 2.45) is 11.3 Å². The Morgan fingerprint density at radius 1 is 1.16 bits per heavy atom. The molecule has 0 aromatic carbocycles. The molecule has 0 radical (unpaired) electrons. The molecule has 0 bridgehead atoms. The summed E-state index contributed by atoms with van der Waals surface area (Å²) in [7, 11) is 0. The van der Waals surface area contributed by atoms with Crippen molar-refractivity contribution in [3.05, 3.63) is 0 Å². The van der Waals surface area contributed by atoms with Gasteiger partial charge in [0.05, 0.1) is 0 Å². The molecule has 1 saturated heterocycles. The van der Waals surface area contributed by atoms with Crippen molar-refractivity contribution in [1.29, 1.82) is 0 Å². The van der Waals surface area contributed by atoms with E-state index in [4.69, 9.17) is 0 Å². The number of hydrogen-bond donors (Lipinski definition) is 1. The summed E-state index contributed by atoms with van der Waals surface area (Å²) in [5.41, 5.74) is 0.560. The number of nitrogens with zero attached hydrogens (tertiary/aromatic N) is 1. The Morgan fingerprint density at radius 3 is 2.37 bits per heavy atom. The van der Waals surface area contributed by atoms with Crippen molar-refractivity contribution in [3.63, 3.8) is 0 Å². The summed E-state index contributed by atoms with van der Waals surface area (Å²) in [4.78, 5) is 2.75. The van der Waals surface area contributed by atoms with Crippen molar-refractivity contribution in [2.45, 2.75) is 71.8 Å². The van der Waals surface area contributed by atoms with Gasteiger partial charge in [-0.2, -0.15) is 0 Å². The zero-order valence-electron chi connectivity index (χ0n) is 13.4. The second-order valence-corrected chi connectivity index (χ2v) is 7.58. The fourth-order valence-corrected chi connectivity index (χ4v) is 3.93. The highest BCUT2D eigenvalue weighted by Gasteiger charge is 2.34. The third-order valence-corrected chi connectivity index (χ3v) is 5.12. The van der Waals surface area contributed by atoms with E-state index in [1.54, 1.807) is 0 Å². The van der Waals surface area contributed by atoms with Crippen molar-refractivity contribution < 1.29 is 0 Å².